The fourth-order valence-corrected chi connectivity index (χ4v) is 2.53. The highest BCUT2D eigenvalue weighted by atomic mass is 16.5. The van der Waals surface area contributed by atoms with Crippen molar-refractivity contribution in [3.63, 3.8) is 0 Å². The van der Waals surface area contributed by atoms with Crippen LogP contribution in [-0.2, 0) is 11.3 Å². The zero-order chi connectivity index (χ0) is 21.2. The summed E-state index contributed by atoms with van der Waals surface area (Å²) in [7, 11) is 0. The Bertz CT molecular complexity index is 816. The highest BCUT2D eigenvalue weighted by molar-refractivity contribution is 5.95. The molecule has 2 amide bonds. The number of amides is 2. The van der Waals surface area contributed by atoms with Gasteiger partial charge in [0.05, 0.1) is 13.2 Å². The number of carbonyl (C=O) groups is 2. The number of rotatable bonds is 10. The van der Waals surface area contributed by atoms with Gasteiger partial charge in [0.1, 0.15) is 0 Å². The third kappa shape index (κ3) is 6.82. The third-order valence-corrected chi connectivity index (χ3v) is 4.17. The Kier molecular flexibility index (Phi) is 8.52. The van der Waals surface area contributed by atoms with Gasteiger partial charge in [-0.2, -0.15) is 0 Å². The highest BCUT2D eigenvalue weighted by Crippen LogP contribution is 2.28. The highest BCUT2D eigenvalue weighted by Gasteiger charge is 2.12. The monoisotopic (exact) mass is 398 g/mol. The second kappa shape index (κ2) is 11.1. The van der Waals surface area contributed by atoms with Crippen LogP contribution in [0.15, 0.2) is 42.5 Å². The van der Waals surface area contributed by atoms with Gasteiger partial charge in [0.15, 0.2) is 11.5 Å². The molecule has 29 heavy (non-hydrogen) atoms. The first-order valence-corrected chi connectivity index (χ1v) is 10.0. The van der Waals surface area contributed by atoms with E-state index in [1.54, 1.807) is 18.2 Å². The van der Waals surface area contributed by atoms with Gasteiger partial charge in [0.25, 0.3) is 5.91 Å². The van der Waals surface area contributed by atoms with Gasteiger partial charge in [0, 0.05) is 23.7 Å². The zero-order valence-electron chi connectivity index (χ0n) is 17.6. The molecule has 0 atom stereocenters. The molecule has 2 N–H and O–H groups in total. The van der Waals surface area contributed by atoms with E-state index in [2.05, 4.69) is 10.6 Å². The predicted molar refractivity (Wildman–Crippen MR) is 114 cm³/mol. The smallest absolute Gasteiger partial charge is 0.251 e. The molecule has 6 heteroatoms. The lowest BCUT2D eigenvalue weighted by Crippen LogP contribution is -2.23. The Hall–Kier alpha value is -3.02. The lowest BCUT2D eigenvalue weighted by Gasteiger charge is -2.13. The number of carbonyl (C=O) groups excluding carboxylic acids is 2. The first-order chi connectivity index (χ1) is 13.9. The molecule has 0 aliphatic carbocycles. The Morgan fingerprint density at radius 3 is 2.31 bits per heavy atom. The van der Waals surface area contributed by atoms with Crippen molar-refractivity contribution < 1.29 is 19.1 Å². The lowest BCUT2D eigenvalue weighted by atomic mass is 10.1. The van der Waals surface area contributed by atoms with Gasteiger partial charge in [-0.3, -0.25) is 9.59 Å². The van der Waals surface area contributed by atoms with Crippen LogP contribution in [0, 0.1) is 5.92 Å². The molecule has 0 spiro atoms. The molecule has 156 valence electrons. The van der Waals surface area contributed by atoms with E-state index in [-0.39, 0.29) is 17.7 Å². The van der Waals surface area contributed by atoms with Crippen LogP contribution in [0.4, 0.5) is 5.69 Å². The molecule has 6 nitrogen and oxygen atoms in total. The van der Waals surface area contributed by atoms with Crippen LogP contribution in [0.5, 0.6) is 11.5 Å². The van der Waals surface area contributed by atoms with Crippen molar-refractivity contribution in [3.05, 3.63) is 53.6 Å². The van der Waals surface area contributed by atoms with E-state index in [1.165, 1.54) is 0 Å². The van der Waals surface area contributed by atoms with Crippen molar-refractivity contribution in [1.82, 2.24) is 5.32 Å². The molecule has 0 unspecified atom stereocenters. The molecule has 0 fully saturated rings. The molecule has 0 aliphatic heterocycles. The molecule has 0 bridgehead atoms. The molecular weight excluding hydrogens is 368 g/mol. The van der Waals surface area contributed by atoms with E-state index >= 15 is 0 Å². The number of benzene rings is 2. The van der Waals surface area contributed by atoms with Crippen molar-refractivity contribution in [2.24, 2.45) is 5.92 Å². The SMILES string of the molecule is CCCOc1ccc(C(=O)NCc2ccc(NC(=O)C(C)C)cc2)cc1OCC. The maximum Gasteiger partial charge on any atom is 0.251 e. The molecule has 2 aromatic rings. The van der Waals surface area contributed by atoms with Gasteiger partial charge in [0.2, 0.25) is 5.91 Å². The minimum Gasteiger partial charge on any atom is -0.490 e. The first kappa shape index (κ1) is 22.3. The average Bonchev–Trinajstić information content (AvgIpc) is 2.72. The molecule has 0 saturated heterocycles. The summed E-state index contributed by atoms with van der Waals surface area (Å²) in [4.78, 5) is 24.3. The molecule has 0 aliphatic rings. The van der Waals surface area contributed by atoms with Crippen molar-refractivity contribution in [2.45, 2.75) is 40.7 Å². The van der Waals surface area contributed by atoms with Crippen LogP contribution in [0.2, 0.25) is 0 Å². The number of hydrogen-bond acceptors (Lipinski definition) is 4. The van der Waals surface area contributed by atoms with Gasteiger partial charge >= 0.3 is 0 Å². The summed E-state index contributed by atoms with van der Waals surface area (Å²) in [6.45, 7) is 9.09. The summed E-state index contributed by atoms with van der Waals surface area (Å²) < 4.78 is 11.3. The Labute approximate surface area is 172 Å². The van der Waals surface area contributed by atoms with Crippen LogP contribution in [0.25, 0.3) is 0 Å². The molecule has 0 aromatic heterocycles. The number of ether oxygens (including phenoxy) is 2. The van der Waals surface area contributed by atoms with E-state index < -0.39 is 0 Å². The van der Waals surface area contributed by atoms with Crippen LogP contribution < -0.4 is 20.1 Å². The zero-order valence-corrected chi connectivity index (χ0v) is 17.6. The Morgan fingerprint density at radius 2 is 1.69 bits per heavy atom. The van der Waals surface area contributed by atoms with Crippen molar-refractivity contribution in [2.75, 3.05) is 18.5 Å². The predicted octanol–water partition coefficient (Wildman–Crippen LogP) is 4.40. The lowest BCUT2D eigenvalue weighted by molar-refractivity contribution is -0.118. The third-order valence-electron chi connectivity index (χ3n) is 4.17. The van der Waals surface area contributed by atoms with E-state index in [0.717, 1.165) is 17.7 Å². The van der Waals surface area contributed by atoms with Gasteiger partial charge < -0.3 is 20.1 Å². The summed E-state index contributed by atoms with van der Waals surface area (Å²) in [6.07, 6.45) is 0.897. The summed E-state index contributed by atoms with van der Waals surface area (Å²) in [5.74, 6) is 0.921. The molecular formula is C23H30N2O4. The fraction of sp³-hybridized carbons (Fsp3) is 0.391. The van der Waals surface area contributed by atoms with Gasteiger partial charge in [-0.25, -0.2) is 0 Å². The van der Waals surface area contributed by atoms with Crippen LogP contribution in [-0.4, -0.2) is 25.0 Å². The maximum absolute atomic E-state index is 12.5. The summed E-state index contributed by atoms with van der Waals surface area (Å²) in [5.41, 5.74) is 2.19. The molecule has 0 saturated carbocycles. The van der Waals surface area contributed by atoms with Crippen molar-refractivity contribution >= 4 is 17.5 Å². The first-order valence-electron chi connectivity index (χ1n) is 10.0. The Morgan fingerprint density at radius 1 is 0.966 bits per heavy atom. The standard InChI is InChI=1S/C23H30N2O4/c1-5-13-29-20-12-9-18(14-21(20)28-6-2)23(27)24-15-17-7-10-19(11-8-17)25-22(26)16(3)4/h7-12,14,16H,5-6,13,15H2,1-4H3,(H,24,27)(H,25,26). The number of hydrogen-bond donors (Lipinski definition) is 2. The van der Waals surface area contributed by atoms with E-state index in [0.29, 0.717) is 36.8 Å². The second-order valence-electron chi connectivity index (χ2n) is 6.97. The normalized spacial score (nSPS) is 10.5. The topological polar surface area (TPSA) is 76.7 Å². The molecule has 0 heterocycles. The summed E-state index contributed by atoms with van der Waals surface area (Å²) >= 11 is 0. The summed E-state index contributed by atoms with van der Waals surface area (Å²) in [5, 5.41) is 5.75. The molecule has 0 radical (unpaired) electrons. The molecule has 2 rings (SSSR count). The van der Waals surface area contributed by atoms with Crippen molar-refractivity contribution in [1.29, 1.82) is 0 Å². The number of nitrogens with one attached hydrogen (secondary N) is 2. The Balaban J connectivity index is 1.97. The van der Waals surface area contributed by atoms with E-state index in [1.807, 2.05) is 52.0 Å². The van der Waals surface area contributed by atoms with Gasteiger partial charge in [-0.15, -0.1) is 0 Å². The second-order valence-corrected chi connectivity index (χ2v) is 6.97. The summed E-state index contributed by atoms with van der Waals surface area (Å²) in [6, 6.07) is 12.6. The minimum atomic E-state index is -0.190. The van der Waals surface area contributed by atoms with Crippen molar-refractivity contribution in [3.8, 4) is 11.5 Å². The maximum atomic E-state index is 12.5. The van der Waals surface area contributed by atoms with Gasteiger partial charge in [-0.05, 0) is 49.2 Å². The minimum absolute atomic E-state index is 0.0254. The largest absolute Gasteiger partial charge is 0.490 e. The van der Waals surface area contributed by atoms with Crippen LogP contribution >= 0.6 is 0 Å². The fourth-order valence-electron chi connectivity index (χ4n) is 2.53. The van der Waals surface area contributed by atoms with Crippen LogP contribution in [0.1, 0.15) is 50.0 Å². The molecule has 2 aromatic carbocycles. The van der Waals surface area contributed by atoms with Gasteiger partial charge in [-0.1, -0.05) is 32.9 Å². The average molecular weight is 399 g/mol. The van der Waals surface area contributed by atoms with E-state index in [9.17, 15) is 9.59 Å². The van der Waals surface area contributed by atoms with E-state index in [4.69, 9.17) is 9.47 Å². The number of anilines is 1. The van der Waals surface area contributed by atoms with Crippen LogP contribution in [0.3, 0.4) is 0 Å². The quantitative estimate of drug-likeness (QED) is 0.622.